The summed E-state index contributed by atoms with van der Waals surface area (Å²) < 4.78 is 4.83. The van der Waals surface area contributed by atoms with Crippen molar-refractivity contribution >= 4 is 17.4 Å². The molecular weight excluding hydrogens is 242 g/mol. The molecule has 1 aromatic rings. The van der Waals surface area contributed by atoms with E-state index in [-0.39, 0.29) is 0 Å². The topological polar surface area (TPSA) is 67.3 Å². The molecule has 1 rings (SSSR count). The Morgan fingerprint density at radius 3 is 2.65 bits per heavy atom. The molecule has 6 heteroatoms. The molecule has 0 aromatic carbocycles. The van der Waals surface area contributed by atoms with Crippen LogP contribution in [0, 0.1) is 13.8 Å². The molecule has 0 saturated heterocycles. The molecule has 1 heterocycles. The molecule has 0 bridgehead atoms. The second-order valence-corrected chi connectivity index (χ2v) is 4.22. The molecule has 96 valence electrons. The van der Waals surface area contributed by atoms with Gasteiger partial charge in [0, 0.05) is 13.7 Å². The molecule has 0 fully saturated rings. The van der Waals surface area contributed by atoms with Crippen molar-refractivity contribution in [3.8, 4) is 0 Å². The first kappa shape index (κ1) is 14.2. The van der Waals surface area contributed by atoms with Gasteiger partial charge in [0.2, 0.25) is 0 Å². The van der Waals surface area contributed by atoms with Gasteiger partial charge in [-0.05, 0) is 20.3 Å². The van der Waals surface area contributed by atoms with Gasteiger partial charge in [0.15, 0.2) is 11.0 Å². The number of aromatic nitrogens is 2. The van der Waals surface area contributed by atoms with Crippen molar-refractivity contribution in [2.75, 3.05) is 25.6 Å². The number of hydrogen-bond donors (Lipinski definition) is 2. The third kappa shape index (κ3) is 4.46. The highest BCUT2D eigenvalue weighted by atomic mass is 35.5. The Balaban J connectivity index is 2.49. The Bertz CT molecular complexity index is 374. The minimum atomic E-state index is -0.481. The van der Waals surface area contributed by atoms with Crippen molar-refractivity contribution < 1.29 is 9.84 Å². The first-order chi connectivity index (χ1) is 8.04. The van der Waals surface area contributed by atoms with E-state index in [2.05, 4.69) is 15.3 Å². The maximum atomic E-state index is 9.46. The van der Waals surface area contributed by atoms with Gasteiger partial charge in [-0.2, -0.15) is 0 Å². The molecule has 5 nitrogen and oxygen atoms in total. The highest BCUT2D eigenvalue weighted by Crippen LogP contribution is 2.18. The minimum Gasteiger partial charge on any atom is -0.391 e. The summed E-state index contributed by atoms with van der Waals surface area (Å²) in [5, 5.41) is 12.9. The molecule has 0 radical (unpaired) electrons. The lowest BCUT2D eigenvalue weighted by atomic mass is 10.2. The fraction of sp³-hybridized carbons (Fsp3) is 0.636. The zero-order valence-electron chi connectivity index (χ0n) is 10.3. The standard InChI is InChI=1S/C11H18ClN3O2/c1-7-8(2)15-11(10(12)14-7)13-5-4-9(16)6-17-3/h9,16H,4-6H2,1-3H3,(H,13,15). The maximum Gasteiger partial charge on any atom is 0.171 e. The monoisotopic (exact) mass is 259 g/mol. The summed E-state index contributed by atoms with van der Waals surface area (Å²) in [5.74, 6) is 0.555. The van der Waals surface area contributed by atoms with Crippen LogP contribution in [0.3, 0.4) is 0 Å². The second kappa shape index (κ2) is 6.74. The molecule has 1 atom stereocenters. The average Bonchev–Trinajstić information content (AvgIpc) is 2.26. The smallest absolute Gasteiger partial charge is 0.171 e. The summed E-state index contributed by atoms with van der Waals surface area (Å²) in [4.78, 5) is 8.46. The van der Waals surface area contributed by atoms with Gasteiger partial charge in [-0.15, -0.1) is 0 Å². The van der Waals surface area contributed by atoms with E-state index >= 15 is 0 Å². The zero-order chi connectivity index (χ0) is 12.8. The number of hydrogen-bond acceptors (Lipinski definition) is 5. The lowest BCUT2D eigenvalue weighted by molar-refractivity contribution is 0.0615. The quantitative estimate of drug-likeness (QED) is 0.812. The number of aliphatic hydroxyl groups is 1. The molecule has 0 aliphatic rings. The Morgan fingerprint density at radius 2 is 2.00 bits per heavy atom. The molecular formula is C11H18ClN3O2. The molecule has 2 N–H and O–H groups in total. The van der Waals surface area contributed by atoms with Crippen molar-refractivity contribution in [1.29, 1.82) is 0 Å². The van der Waals surface area contributed by atoms with E-state index in [0.717, 1.165) is 11.4 Å². The van der Waals surface area contributed by atoms with E-state index in [0.29, 0.717) is 30.5 Å². The van der Waals surface area contributed by atoms with E-state index in [1.54, 1.807) is 7.11 Å². The predicted molar refractivity (Wildman–Crippen MR) is 67.5 cm³/mol. The number of methoxy groups -OCH3 is 1. The molecule has 0 aliphatic heterocycles. The zero-order valence-corrected chi connectivity index (χ0v) is 11.1. The minimum absolute atomic E-state index is 0.327. The van der Waals surface area contributed by atoms with E-state index in [9.17, 15) is 5.11 Å². The van der Waals surface area contributed by atoms with Gasteiger partial charge in [-0.1, -0.05) is 11.6 Å². The van der Waals surface area contributed by atoms with Gasteiger partial charge in [0.25, 0.3) is 0 Å². The molecule has 1 unspecified atom stereocenters. The number of anilines is 1. The molecule has 17 heavy (non-hydrogen) atoms. The number of aryl methyl sites for hydroxylation is 2. The summed E-state index contributed by atoms with van der Waals surface area (Å²) in [6, 6.07) is 0. The number of nitrogens with one attached hydrogen (secondary N) is 1. The van der Waals surface area contributed by atoms with Crippen molar-refractivity contribution in [1.82, 2.24) is 9.97 Å². The van der Waals surface area contributed by atoms with Crippen LogP contribution < -0.4 is 5.32 Å². The summed E-state index contributed by atoms with van der Waals surface area (Å²) in [6.07, 6.45) is 0.0875. The van der Waals surface area contributed by atoms with Crippen LogP contribution in [0.5, 0.6) is 0 Å². The van der Waals surface area contributed by atoms with Gasteiger partial charge in [-0.3, -0.25) is 0 Å². The maximum absolute atomic E-state index is 9.46. The van der Waals surface area contributed by atoms with Crippen LogP contribution in [0.1, 0.15) is 17.8 Å². The molecule has 0 aliphatic carbocycles. The van der Waals surface area contributed by atoms with Crippen LogP contribution >= 0.6 is 11.6 Å². The molecule has 0 saturated carbocycles. The lowest BCUT2D eigenvalue weighted by Crippen LogP contribution is -2.19. The van der Waals surface area contributed by atoms with E-state index in [4.69, 9.17) is 16.3 Å². The van der Waals surface area contributed by atoms with E-state index in [1.165, 1.54) is 0 Å². The van der Waals surface area contributed by atoms with Gasteiger partial charge >= 0.3 is 0 Å². The first-order valence-corrected chi connectivity index (χ1v) is 5.84. The lowest BCUT2D eigenvalue weighted by Gasteiger charge is -2.12. The van der Waals surface area contributed by atoms with Crippen molar-refractivity contribution in [3.63, 3.8) is 0 Å². The van der Waals surface area contributed by atoms with Gasteiger partial charge in [-0.25, -0.2) is 9.97 Å². The van der Waals surface area contributed by atoms with Crippen molar-refractivity contribution in [3.05, 3.63) is 16.5 Å². The Labute approximate surface area is 106 Å². The third-order valence-electron chi connectivity index (χ3n) is 2.39. The Hall–Kier alpha value is -0.910. The molecule has 0 amide bonds. The SMILES string of the molecule is COCC(O)CCNc1nc(C)c(C)nc1Cl. The normalized spacial score (nSPS) is 12.5. The average molecular weight is 260 g/mol. The number of nitrogens with zero attached hydrogens (tertiary/aromatic N) is 2. The van der Waals surface area contributed by atoms with E-state index < -0.39 is 6.10 Å². The fourth-order valence-corrected chi connectivity index (χ4v) is 1.56. The molecule has 1 aromatic heterocycles. The van der Waals surface area contributed by atoms with Crippen LogP contribution in [0.15, 0.2) is 0 Å². The Kier molecular flexibility index (Phi) is 5.61. The van der Waals surface area contributed by atoms with Gasteiger partial charge in [0.05, 0.1) is 24.1 Å². The Morgan fingerprint density at radius 1 is 1.35 bits per heavy atom. The van der Waals surface area contributed by atoms with E-state index in [1.807, 2.05) is 13.8 Å². The van der Waals surface area contributed by atoms with Gasteiger partial charge < -0.3 is 15.2 Å². The number of rotatable bonds is 6. The summed E-state index contributed by atoms with van der Waals surface area (Å²) in [6.45, 7) is 4.64. The van der Waals surface area contributed by atoms with Crippen LogP contribution in [-0.2, 0) is 4.74 Å². The van der Waals surface area contributed by atoms with Crippen LogP contribution in [0.2, 0.25) is 5.15 Å². The summed E-state index contributed by atoms with van der Waals surface area (Å²) >= 11 is 5.95. The van der Waals surface area contributed by atoms with Crippen LogP contribution in [0.25, 0.3) is 0 Å². The predicted octanol–water partition coefficient (Wildman–Crippen LogP) is 1.56. The highest BCUT2D eigenvalue weighted by molar-refractivity contribution is 6.31. The third-order valence-corrected chi connectivity index (χ3v) is 2.66. The van der Waals surface area contributed by atoms with Gasteiger partial charge in [0.1, 0.15) is 0 Å². The molecule has 0 spiro atoms. The number of halogens is 1. The van der Waals surface area contributed by atoms with Crippen LogP contribution in [0.4, 0.5) is 5.82 Å². The van der Waals surface area contributed by atoms with Crippen molar-refractivity contribution in [2.24, 2.45) is 0 Å². The van der Waals surface area contributed by atoms with Crippen LogP contribution in [-0.4, -0.2) is 41.4 Å². The number of ether oxygens (including phenoxy) is 1. The second-order valence-electron chi connectivity index (χ2n) is 3.86. The van der Waals surface area contributed by atoms with Crippen molar-refractivity contribution in [2.45, 2.75) is 26.4 Å². The fourth-order valence-electron chi connectivity index (χ4n) is 1.32. The highest BCUT2D eigenvalue weighted by Gasteiger charge is 2.08. The largest absolute Gasteiger partial charge is 0.391 e. The summed E-state index contributed by atoms with van der Waals surface area (Å²) in [5.41, 5.74) is 1.66. The number of aliphatic hydroxyl groups excluding tert-OH is 1. The summed E-state index contributed by atoms with van der Waals surface area (Å²) in [7, 11) is 1.56. The first-order valence-electron chi connectivity index (χ1n) is 5.46.